The topological polar surface area (TPSA) is 291 Å². The van der Waals surface area contributed by atoms with Crippen LogP contribution in [0.15, 0.2) is 58.3 Å². The number of nitrogens with zero attached hydrogens (tertiary/aromatic N) is 4. The number of amides is 1. The molecular weight excluding hydrogens is 1120 g/mol. The highest BCUT2D eigenvalue weighted by Crippen LogP contribution is 2.54. The van der Waals surface area contributed by atoms with Gasteiger partial charge in [-0.3, -0.25) is 24.2 Å². The summed E-state index contributed by atoms with van der Waals surface area (Å²) in [5.74, 6) is -7.69. The molecule has 1 unspecified atom stereocenters. The monoisotopic (exact) mass is 1200 g/mol. The number of rotatable bonds is 11. The number of aromatic carboxylic acids is 1. The van der Waals surface area contributed by atoms with Crippen molar-refractivity contribution in [1.29, 1.82) is 0 Å². The quantitative estimate of drug-likeness (QED) is 0.0306. The Kier molecular flexibility index (Phi) is 17.4. The highest BCUT2D eigenvalue weighted by atomic mass is 19.1. The van der Waals surface area contributed by atoms with Crippen LogP contribution in [0.5, 0.6) is 23.0 Å². The van der Waals surface area contributed by atoms with Crippen LogP contribution in [0.4, 0.5) is 15.8 Å². The van der Waals surface area contributed by atoms with E-state index >= 15 is 4.39 Å². The molecule has 7 aliphatic rings. The largest absolute Gasteiger partial charge is 0.507 e. The number of halogens is 1. The normalized spacial score (nSPS) is 29.5. The lowest BCUT2D eigenvalue weighted by Gasteiger charge is -2.38. The lowest BCUT2D eigenvalue weighted by atomic mass is 9.78. The number of aromatic nitrogens is 1. The number of esters is 1. The molecule has 0 spiro atoms. The number of ether oxygens (including phenoxy) is 4. The first kappa shape index (κ1) is 62.5. The molecule has 1 aromatic heterocycles. The van der Waals surface area contributed by atoms with Gasteiger partial charge in [0.15, 0.2) is 22.9 Å². The number of allylic oxidation sites excluding steroid dienone is 2. The van der Waals surface area contributed by atoms with Crippen molar-refractivity contribution in [3.05, 3.63) is 92.3 Å². The van der Waals surface area contributed by atoms with Crippen LogP contribution in [0.1, 0.15) is 137 Å². The minimum atomic E-state index is -1.61. The van der Waals surface area contributed by atoms with E-state index in [4.69, 9.17) is 24.0 Å². The first-order valence-electron chi connectivity index (χ1n) is 30.1. The number of hydrogen-bond donors (Lipinski definition) is 8. The Hall–Kier alpha value is -7.53. The number of nitrogens with one attached hydrogen (secondary N) is 2. The molecule has 87 heavy (non-hydrogen) atoms. The number of anilines is 2. The van der Waals surface area contributed by atoms with Crippen LogP contribution < -0.4 is 25.7 Å². The van der Waals surface area contributed by atoms with Crippen LogP contribution in [0.2, 0.25) is 0 Å². The van der Waals surface area contributed by atoms with Crippen LogP contribution >= 0.6 is 0 Å². The van der Waals surface area contributed by atoms with Crippen molar-refractivity contribution in [1.82, 2.24) is 14.9 Å². The molecule has 468 valence electrons. The van der Waals surface area contributed by atoms with Crippen molar-refractivity contribution in [3.8, 4) is 23.0 Å². The van der Waals surface area contributed by atoms with Gasteiger partial charge in [-0.25, -0.2) is 9.18 Å². The number of hydrogen-bond acceptors (Lipinski definition) is 18. The van der Waals surface area contributed by atoms with Crippen molar-refractivity contribution in [2.24, 2.45) is 34.7 Å². The molecule has 3 aliphatic carbocycles. The first-order chi connectivity index (χ1) is 41.3. The zero-order valence-corrected chi connectivity index (χ0v) is 51.0. The maximum atomic E-state index is 16.3. The first-order valence-corrected chi connectivity index (χ1v) is 30.1. The number of phenols is 3. The van der Waals surface area contributed by atoms with E-state index in [1.165, 1.54) is 52.8 Å². The lowest BCUT2D eigenvalue weighted by Crippen LogP contribution is -2.49. The predicted molar refractivity (Wildman–Crippen MR) is 324 cm³/mol. The van der Waals surface area contributed by atoms with Gasteiger partial charge in [-0.2, -0.15) is 5.10 Å². The van der Waals surface area contributed by atoms with Gasteiger partial charge in [-0.1, -0.05) is 45.9 Å². The number of Topliss-reactive ketones (excluding diaryl/α,β-unsaturated/α-hetero) is 1. The van der Waals surface area contributed by atoms with Gasteiger partial charge in [0.05, 0.1) is 65.4 Å². The molecule has 4 aliphatic heterocycles. The molecule has 2 saturated heterocycles. The number of carbonyl (C=O) groups excluding carboxylic acids is 3. The number of benzene rings is 3. The molecule has 2 saturated carbocycles. The summed E-state index contributed by atoms with van der Waals surface area (Å²) in [5.41, 5.74) is -2.02. The second-order valence-electron chi connectivity index (χ2n) is 25.3. The molecular formula is C65H81FN6O15. The van der Waals surface area contributed by atoms with E-state index in [-0.39, 0.29) is 85.5 Å². The van der Waals surface area contributed by atoms with E-state index in [2.05, 4.69) is 10.6 Å². The number of ketones is 1. The standard InChI is InChI=1S/C65H81FN6O15/c1-31-12-11-13-32(2)62(81)68-50-43(57(78)48-47-42(33(3)55(76)49(48)58(50)79)27-64(8,61(47)80)86-25-19-46(84-9)34(4)59(87-37(7)73)36(6)54(75)35(5)53(31)74)28-67-71-23-17-39(18-24-71)69-65(20-21-65)38-16-22-70(29-38)52-45(66)26-41-51(60(52)85-10)72(40-14-15-40)30-44(56(41)77)63(82)83/h11-13,19,25-26,28,30-31,34-36,38-40,46,53-54,59,69,74-76,78-79H,14-18,20-24,27,29H2,1-10H3,(H,68,81)(H,82,83)/b12-11+,25-19+,32-13-,67-28+/t31-,34+,35+,36+,38?,46-,53-,54+,59+,64-/m0/s1. The van der Waals surface area contributed by atoms with E-state index in [1.807, 2.05) is 9.91 Å². The van der Waals surface area contributed by atoms with Crippen LogP contribution in [-0.2, 0) is 30.2 Å². The molecule has 10 atom stereocenters. The molecule has 4 aromatic rings. The maximum absolute atomic E-state index is 16.3. The summed E-state index contributed by atoms with van der Waals surface area (Å²) in [4.78, 5) is 69.0. The lowest BCUT2D eigenvalue weighted by molar-refractivity contribution is -0.160. The number of carboxylic acid groups (broad SMARTS) is 1. The van der Waals surface area contributed by atoms with E-state index in [0.29, 0.717) is 50.1 Å². The maximum Gasteiger partial charge on any atom is 0.341 e. The fourth-order valence-corrected chi connectivity index (χ4v) is 13.9. The summed E-state index contributed by atoms with van der Waals surface area (Å²) in [6.45, 7) is 14.9. The van der Waals surface area contributed by atoms with Gasteiger partial charge < -0.3 is 69.7 Å². The molecule has 1 amide bonds. The second kappa shape index (κ2) is 24.2. The van der Waals surface area contributed by atoms with Gasteiger partial charge in [0, 0.05) is 111 Å². The molecule has 21 nitrogen and oxygen atoms in total. The third kappa shape index (κ3) is 11.5. The van der Waals surface area contributed by atoms with Gasteiger partial charge in [0.25, 0.3) is 5.91 Å². The number of aliphatic hydroxyl groups excluding tert-OH is 2. The molecule has 11 rings (SSSR count). The minimum Gasteiger partial charge on any atom is -0.507 e. The molecule has 22 heteroatoms. The number of hydrazone groups is 1. The van der Waals surface area contributed by atoms with Crippen molar-refractivity contribution in [3.63, 3.8) is 0 Å². The van der Waals surface area contributed by atoms with Gasteiger partial charge in [-0.15, -0.1) is 0 Å². The number of pyridine rings is 1. The van der Waals surface area contributed by atoms with Crippen molar-refractivity contribution < 1.29 is 73.2 Å². The van der Waals surface area contributed by atoms with Crippen LogP contribution in [0.3, 0.4) is 0 Å². The van der Waals surface area contributed by atoms with E-state index in [0.717, 1.165) is 38.2 Å². The average molecular weight is 1210 g/mol. The molecule has 5 heterocycles. The van der Waals surface area contributed by atoms with Gasteiger partial charge in [0.2, 0.25) is 11.2 Å². The van der Waals surface area contributed by atoms with Gasteiger partial charge >= 0.3 is 11.9 Å². The fourth-order valence-electron chi connectivity index (χ4n) is 13.9. The third-order valence-electron chi connectivity index (χ3n) is 19.5. The number of carbonyl (C=O) groups is 4. The Morgan fingerprint density at radius 2 is 1.61 bits per heavy atom. The summed E-state index contributed by atoms with van der Waals surface area (Å²) in [5, 5.41) is 82.7. The van der Waals surface area contributed by atoms with Gasteiger partial charge in [0.1, 0.15) is 28.9 Å². The third-order valence-corrected chi connectivity index (χ3v) is 19.5. The highest BCUT2D eigenvalue weighted by Gasteiger charge is 2.53. The fraction of sp³-hybridized carbons (Fsp3) is 0.538. The van der Waals surface area contributed by atoms with Crippen LogP contribution in [-0.4, -0.2) is 152 Å². The number of phenolic OH excluding ortho intramolecular Hbond substituents is 3. The average Bonchev–Trinajstić information content (AvgIpc) is 1.64. The Labute approximate surface area is 504 Å². The van der Waals surface area contributed by atoms with E-state index < -0.39 is 111 Å². The van der Waals surface area contributed by atoms with Crippen molar-refractivity contribution in [2.45, 2.75) is 154 Å². The Morgan fingerprint density at radius 1 is 0.908 bits per heavy atom. The molecule has 4 fully saturated rings. The number of carboxylic acids is 1. The van der Waals surface area contributed by atoms with Crippen LogP contribution in [0.25, 0.3) is 21.7 Å². The molecule has 3 aromatic carbocycles. The van der Waals surface area contributed by atoms with Crippen molar-refractivity contribution >= 4 is 62.9 Å². The SMILES string of the molecule is COc1c(N2CCC(C3(NC4CCN(/N=C/c5c6c(O)c7c(O)c(C)c8c(c7c5O)C(=O)[C@](C)(C8)O/C=C/[C@H](OC)[C@@H](C)[C@@H](OC(C)=O)[C@H](C)[C@H](O)[C@H](C)[C@@H](O)[C@@H](C)/C=C/C=C(/C)C(=O)N6)CC4)CC3)C2)c(F)cc2c(=O)c(C(=O)O)cn(C3CC3)c12. The predicted octanol–water partition coefficient (Wildman–Crippen LogP) is 7.90. The van der Waals surface area contributed by atoms with Crippen LogP contribution in [0, 0.1) is 42.3 Å². The van der Waals surface area contributed by atoms with E-state index in [9.17, 15) is 54.6 Å². The number of aliphatic hydroxyl groups is 2. The Bertz CT molecular complexity index is 3620. The van der Waals surface area contributed by atoms with E-state index in [1.54, 1.807) is 64.3 Å². The molecule has 8 N–H and O–H groups in total. The van der Waals surface area contributed by atoms with Crippen molar-refractivity contribution in [2.75, 3.05) is 50.6 Å². The summed E-state index contributed by atoms with van der Waals surface area (Å²) in [6.07, 6.45) is 11.9. The molecule has 5 bridgehead atoms. The Balaban J connectivity index is 0.924. The number of aromatic hydroxyl groups is 3. The Morgan fingerprint density at radius 3 is 2.24 bits per heavy atom. The second-order valence-corrected chi connectivity index (χ2v) is 25.3. The summed E-state index contributed by atoms with van der Waals surface area (Å²) in [6, 6.07) is 1.21. The zero-order chi connectivity index (χ0) is 62.9. The highest BCUT2D eigenvalue weighted by molar-refractivity contribution is 6.23. The summed E-state index contributed by atoms with van der Waals surface area (Å²) < 4.78 is 42.0. The number of piperidine rings is 1. The number of fused-ring (bicyclic) bond motifs is 15. The number of methoxy groups -OCH3 is 2. The smallest absolute Gasteiger partial charge is 0.341 e. The van der Waals surface area contributed by atoms with Gasteiger partial charge in [-0.05, 0) is 94.9 Å². The molecule has 0 radical (unpaired) electrons. The summed E-state index contributed by atoms with van der Waals surface area (Å²) >= 11 is 0. The minimum absolute atomic E-state index is 0.00420. The summed E-state index contributed by atoms with van der Waals surface area (Å²) in [7, 11) is 2.90. The zero-order valence-electron chi connectivity index (χ0n) is 51.0.